The van der Waals surface area contributed by atoms with E-state index in [0.717, 1.165) is 12.5 Å². The van der Waals surface area contributed by atoms with E-state index in [1.165, 1.54) is 38.6 Å². The fourth-order valence-corrected chi connectivity index (χ4v) is 1.59. The van der Waals surface area contributed by atoms with Crippen molar-refractivity contribution in [1.82, 2.24) is 5.32 Å². The van der Waals surface area contributed by atoms with Crippen LogP contribution in [0.1, 0.15) is 38.5 Å². The van der Waals surface area contributed by atoms with Gasteiger partial charge < -0.3 is 5.32 Å². The zero-order valence-electron chi connectivity index (χ0n) is 6.73. The van der Waals surface area contributed by atoms with E-state index in [-0.39, 0.29) is 18.9 Å². The van der Waals surface area contributed by atoms with Gasteiger partial charge in [-0.3, -0.25) is 0 Å². The van der Waals surface area contributed by atoms with Gasteiger partial charge in [-0.05, 0) is 25.8 Å². The first kappa shape index (κ1) is 11.6. The Morgan fingerprint density at radius 1 is 1.27 bits per heavy atom. The van der Waals surface area contributed by atoms with Crippen LogP contribution in [0.25, 0.3) is 0 Å². The second kappa shape index (κ2) is 7.22. The summed E-state index contributed by atoms with van der Waals surface area (Å²) in [6, 6.07) is 0.778. The van der Waals surface area contributed by atoms with Crippen molar-refractivity contribution in [2.24, 2.45) is 0 Å². The van der Waals surface area contributed by atoms with Gasteiger partial charge in [0.25, 0.3) is 0 Å². The Morgan fingerprint density at radius 2 is 2.09 bits per heavy atom. The maximum absolute atomic E-state index is 3.87. The fourth-order valence-electron chi connectivity index (χ4n) is 1.59. The molecule has 1 aliphatic rings. The summed E-state index contributed by atoms with van der Waals surface area (Å²) in [6.45, 7) is 5.10. The van der Waals surface area contributed by atoms with Crippen molar-refractivity contribution in [3.05, 3.63) is 6.92 Å². The summed E-state index contributed by atoms with van der Waals surface area (Å²) < 4.78 is 0. The summed E-state index contributed by atoms with van der Waals surface area (Å²) in [7, 11) is 0. The van der Waals surface area contributed by atoms with Gasteiger partial charge in [-0.25, -0.2) is 0 Å². The van der Waals surface area contributed by atoms with Crippen LogP contribution >= 0.6 is 0 Å². The summed E-state index contributed by atoms with van der Waals surface area (Å²) in [4.78, 5) is 0. The van der Waals surface area contributed by atoms with Crippen molar-refractivity contribution in [3.63, 3.8) is 0 Å². The van der Waals surface area contributed by atoms with E-state index in [4.69, 9.17) is 0 Å². The van der Waals surface area contributed by atoms with Gasteiger partial charge in [-0.2, -0.15) is 0 Å². The molecule has 1 N–H and O–H groups in total. The van der Waals surface area contributed by atoms with Gasteiger partial charge in [-0.1, -0.05) is 26.2 Å². The summed E-state index contributed by atoms with van der Waals surface area (Å²) in [5, 5.41) is 3.54. The third-order valence-corrected chi connectivity index (χ3v) is 2.21. The zero-order chi connectivity index (χ0) is 7.23. The minimum absolute atomic E-state index is 0. The van der Waals surface area contributed by atoms with Crippen LogP contribution in [0.15, 0.2) is 0 Å². The molecule has 0 aromatic heterocycles. The molecular weight excluding hydrogens is 129 g/mol. The van der Waals surface area contributed by atoms with Crippen LogP contribution in [-0.2, 0) is 0 Å². The predicted molar refractivity (Wildman–Crippen MR) is 52.0 cm³/mol. The van der Waals surface area contributed by atoms with Gasteiger partial charge in [-0.15, -0.1) is 0 Å². The molecule has 0 spiro atoms. The molecule has 1 fully saturated rings. The molecule has 1 nitrogen and oxygen atoms in total. The molecular formula is C9H19LiN. The van der Waals surface area contributed by atoms with Crippen molar-refractivity contribution in [3.8, 4) is 0 Å². The standard InChI is InChI=1S/C9H18N.Li.H/c1-2-6-9-7-4-3-5-8-10-9;;/h9-10H,1-8H2;;. The molecule has 1 unspecified atom stereocenters. The SMILES string of the molecule is [CH2]CCC1CCCCCN1.[LiH]. The van der Waals surface area contributed by atoms with Gasteiger partial charge in [0.1, 0.15) is 0 Å². The Hall–Kier alpha value is 0.557. The van der Waals surface area contributed by atoms with Crippen molar-refractivity contribution in [1.29, 1.82) is 0 Å². The normalized spacial score (nSPS) is 25.4. The molecule has 0 aliphatic carbocycles. The van der Waals surface area contributed by atoms with Crippen LogP contribution in [0.3, 0.4) is 0 Å². The first-order chi connectivity index (χ1) is 4.93. The summed E-state index contributed by atoms with van der Waals surface area (Å²) >= 11 is 0. The molecule has 61 valence electrons. The Bertz CT molecular complexity index is 77.6. The number of nitrogens with one attached hydrogen (secondary N) is 1. The van der Waals surface area contributed by atoms with Crippen LogP contribution < -0.4 is 5.32 Å². The van der Waals surface area contributed by atoms with Crippen molar-refractivity contribution in [2.45, 2.75) is 44.6 Å². The number of hydrogen-bond donors (Lipinski definition) is 1. The van der Waals surface area contributed by atoms with E-state index in [0.29, 0.717) is 0 Å². The van der Waals surface area contributed by atoms with Gasteiger partial charge in [0.2, 0.25) is 0 Å². The van der Waals surface area contributed by atoms with Crippen LogP contribution in [0, 0.1) is 6.92 Å². The zero-order valence-corrected chi connectivity index (χ0v) is 6.73. The molecule has 1 saturated heterocycles. The van der Waals surface area contributed by atoms with Crippen LogP contribution in [0.5, 0.6) is 0 Å². The van der Waals surface area contributed by atoms with Gasteiger partial charge in [0, 0.05) is 6.04 Å². The van der Waals surface area contributed by atoms with Crippen molar-refractivity contribution < 1.29 is 0 Å². The summed E-state index contributed by atoms with van der Waals surface area (Å²) in [5.74, 6) is 0. The van der Waals surface area contributed by atoms with E-state index < -0.39 is 0 Å². The molecule has 0 aromatic carbocycles. The van der Waals surface area contributed by atoms with Crippen LogP contribution in [0.4, 0.5) is 0 Å². The number of rotatable bonds is 2. The molecule has 0 saturated carbocycles. The van der Waals surface area contributed by atoms with Crippen LogP contribution in [0.2, 0.25) is 0 Å². The fraction of sp³-hybridized carbons (Fsp3) is 0.889. The molecule has 1 aliphatic heterocycles. The molecule has 0 bridgehead atoms. The summed E-state index contributed by atoms with van der Waals surface area (Å²) in [5.41, 5.74) is 0. The van der Waals surface area contributed by atoms with E-state index in [2.05, 4.69) is 12.2 Å². The second-order valence-corrected chi connectivity index (χ2v) is 3.14. The monoisotopic (exact) mass is 148 g/mol. The molecule has 1 atom stereocenters. The van der Waals surface area contributed by atoms with E-state index in [9.17, 15) is 0 Å². The second-order valence-electron chi connectivity index (χ2n) is 3.14. The number of hydrogen-bond acceptors (Lipinski definition) is 1. The first-order valence-electron chi connectivity index (χ1n) is 4.46. The molecule has 1 radical (unpaired) electrons. The molecule has 1 rings (SSSR count). The quantitative estimate of drug-likeness (QED) is 0.585. The van der Waals surface area contributed by atoms with E-state index in [1.807, 2.05) is 0 Å². The third-order valence-electron chi connectivity index (χ3n) is 2.21. The third kappa shape index (κ3) is 4.90. The first-order valence-corrected chi connectivity index (χ1v) is 4.46. The molecule has 11 heavy (non-hydrogen) atoms. The van der Waals surface area contributed by atoms with Crippen molar-refractivity contribution in [2.75, 3.05) is 6.54 Å². The molecule has 2 heteroatoms. The molecule has 0 aromatic rings. The van der Waals surface area contributed by atoms with E-state index in [1.54, 1.807) is 0 Å². The Labute approximate surface area is 82.5 Å². The van der Waals surface area contributed by atoms with E-state index >= 15 is 0 Å². The molecule has 1 heterocycles. The Kier molecular flexibility index (Phi) is 7.59. The van der Waals surface area contributed by atoms with Crippen LogP contribution in [-0.4, -0.2) is 31.4 Å². The average molecular weight is 148 g/mol. The minimum atomic E-state index is 0. The Balaban J connectivity index is 0.000001000. The summed E-state index contributed by atoms with van der Waals surface area (Å²) in [6.07, 6.45) is 7.92. The van der Waals surface area contributed by atoms with Crippen molar-refractivity contribution >= 4 is 18.9 Å². The Morgan fingerprint density at radius 3 is 2.82 bits per heavy atom. The maximum atomic E-state index is 3.87. The van der Waals surface area contributed by atoms with Gasteiger partial charge in [0.05, 0.1) is 0 Å². The van der Waals surface area contributed by atoms with Gasteiger partial charge in [0.15, 0.2) is 0 Å². The van der Waals surface area contributed by atoms with Gasteiger partial charge >= 0.3 is 18.9 Å². The topological polar surface area (TPSA) is 12.0 Å². The molecule has 0 amide bonds. The predicted octanol–water partition coefficient (Wildman–Crippen LogP) is 1.48. The average Bonchev–Trinajstić information content (AvgIpc) is 2.17.